The Hall–Kier alpha value is -2.48. The van der Waals surface area contributed by atoms with E-state index >= 15 is 0 Å². The van der Waals surface area contributed by atoms with Crippen LogP contribution in [0.4, 0.5) is 5.82 Å². The predicted octanol–water partition coefficient (Wildman–Crippen LogP) is 0.0308. The molecule has 0 bridgehead atoms. The van der Waals surface area contributed by atoms with Crippen molar-refractivity contribution in [2.45, 2.75) is 44.3 Å². The normalized spacial score (nSPS) is 23.8. The van der Waals surface area contributed by atoms with Crippen molar-refractivity contribution in [3.8, 4) is 0 Å². The van der Waals surface area contributed by atoms with E-state index in [1.807, 2.05) is 19.2 Å². The van der Waals surface area contributed by atoms with Gasteiger partial charge in [0.2, 0.25) is 11.8 Å². The zero-order valence-corrected chi connectivity index (χ0v) is 14.8. The second-order valence-electron chi connectivity index (χ2n) is 7.16. The van der Waals surface area contributed by atoms with Gasteiger partial charge >= 0.3 is 0 Å². The van der Waals surface area contributed by atoms with Crippen LogP contribution >= 0.6 is 0 Å². The Morgan fingerprint density at radius 2 is 1.92 bits per heavy atom. The van der Waals surface area contributed by atoms with Crippen molar-refractivity contribution in [2.24, 2.45) is 0 Å². The maximum absolute atomic E-state index is 12.7. The van der Waals surface area contributed by atoms with Gasteiger partial charge in [0, 0.05) is 19.5 Å². The van der Waals surface area contributed by atoms with Crippen LogP contribution in [-0.2, 0) is 16.1 Å². The average Bonchev–Trinajstić information content (AvgIpc) is 2.98. The van der Waals surface area contributed by atoms with Gasteiger partial charge in [0.1, 0.15) is 11.9 Å². The molecule has 8 nitrogen and oxygen atoms in total. The Morgan fingerprint density at radius 3 is 2.65 bits per heavy atom. The van der Waals surface area contributed by atoms with Crippen LogP contribution in [0.2, 0.25) is 0 Å². The second kappa shape index (κ2) is 6.68. The van der Waals surface area contributed by atoms with Crippen molar-refractivity contribution in [2.75, 3.05) is 25.0 Å². The quantitative estimate of drug-likeness (QED) is 0.742. The fraction of sp³-hybridized carbons (Fsp3) is 0.556. The standard InChI is InChI=1S/C18H23N5O3/c1-22(11-6-8-19-9-7-11)15-4-2-12-13(20-15)10-23(18(12)26)14-3-5-16(24)21-17(14)25/h2,4,11,14,19H,3,5-10H2,1H3,(H,21,24,25). The molecule has 3 amide bonds. The topological polar surface area (TPSA) is 94.6 Å². The highest BCUT2D eigenvalue weighted by Crippen LogP contribution is 2.29. The lowest BCUT2D eigenvalue weighted by molar-refractivity contribution is -0.136. The largest absolute Gasteiger partial charge is 0.357 e. The number of anilines is 1. The molecule has 4 heterocycles. The third-order valence-electron chi connectivity index (χ3n) is 5.57. The van der Waals surface area contributed by atoms with Crippen molar-refractivity contribution >= 4 is 23.5 Å². The summed E-state index contributed by atoms with van der Waals surface area (Å²) in [6.45, 7) is 2.32. The van der Waals surface area contributed by atoms with E-state index in [9.17, 15) is 14.4 Å². The molecule has 3 aliphatic heterocycles. The first-order valence-electron chi connectivity index (χ1n) is 9.12. The average molecular weight is 357 g/mol. The predicted molar refractivity (Wildman–Crippen MR) is 94.6 cm³/mol. The van der Waals surface area contributed by atoms with Gasteiger partial charge in [-0.25, -0.2) is 4.98 Å². The molecule has 2 N–H and O–H groups in total. The van der Waals surface area contributed by atoms with Crippen molar-refractivity contribution in [1.82, 2.24) is 20.5 Å². The van der Waals surface area contributed by atoms with Gasteiger partial charge in [-0.05, 0) is 44.5 Å². The lowest BCUT2D eigenvalue weighted by Gasteiger charge is -2.32. The number of piperidine rings is 2. The Labute approximate surface area is 151 Å². The van der Waals surface area contributed by atoms with Crippen LogP contribution < -0.4 is 15.5 Å². The van der Waals surface area contributed by atoms with E-state index in [1.165, 1.54) is 4.90 Å². The highest BCUT2D eigenvalue weighted by atomic mass is 16.2. The van der Waals surface area contributed by atoms with Crippen molar-refractivity contribution < 1.29 is 14.4 Å². The zero-order valence-electron chi connectivity index (χ0n) is 14.8. The number of aromatic nitrogens is 1. The lowest BCUT2D eigenvalue weighted by atomic mass is 10.0. The summed E-state index contributed by atoms with van der Waals surface area (Å²) in [4.78, 5) is 44.6. The first-order valence-corrected chi connectivity index (χ1v) is 9.12. The number of pyridine rings is 1. The molecule has 26 heavy (non-hydrogen) atoms. The Kier molecular flexibility index (Phi) is 4.36. The summed E-state index contributed by atoms with van der Waals surface area (Å²) in [7, 11) is 2.04. The molecule has 138 valence electrons. The highest BCUT2D eigenvalue weighted by Gasteiger charge is 2.40. The summed E-state index contributed by atoms with van der Waals surface area (Å²) in [6, 6.07) is 3.53. The number of nitrogens with zero attached hydrogens (tertiary/aromatic N) is 3. The number of hydrogen-bond donors (Lipinski definition) is 2. The summed E-state index contributed by atoms with van der Waals surface area (Å²) in [5.74, 6) is 0.000475. The Bertz CT molecular complexity index is 759. The van der Waals surface area contributed by atoms with Gasteiger partial charge in [0.05, 0.1) is 17.8 Å². The summed E-state index contributed by atoms with van der Waals surface area (Å²) in [5.41, 5.74) is 1.26. The number of hydrogen-bond acceptors (Lipinski definition) is 6. The van der Waals surface area contributed by atoms with Crippen LogP contribution in [0.15, 0.2) is 12.1 Å². The SMILES string of the molecule is CN(c1ccc2c(n1)CN(C1CCC(=O)NC1=O)C2=O)C1CCNCC1. The van der Waals surface area contributed by atoms with Crippen LogP contribution in [-0.4, -0.2) is 59.8 Å². The number of imide groups is 1. The van der Waals surface area contributed by atoms with E-state index in [2.05, 4.69) is 15.5 Å². The molecular weight excluding hydrogens is 334 g/mol. The minimum absolute atomic E-state index is 0.182. The summed E-state index contributed by atoms with van der Waals surface area (Å²) < 4.78 is 0. The zero-order chi connectivity index (χ0) is 18.3. The van der Waals surface area contributed by atoms with E-state index in [1.54, 1.807) is 0 Å². The number of carbonyl (C=O) groups excluding carboxylic acids is 3. The molecule has 8 heteroatoms. The first-order chi connectivity index (χ1) is 12.5. The molecule has 1 atom stereocenters. The van der Waals surface area contributed by atoms with Crippen LogP contribution in [0.3, 0.4) is 0 Å². The lowest BCUT2D eigenvalue weighted by Crippen LogP contribution is -2.52. The monoisotopic (exact) mass is 357 g/mol. The van der Waals surface area contributed by atoms with Gasteiger partial charge in [-0.15, -0.1) is 0 Å². The number of rotatable bonds is 3. The van der Waals surface area contributed by atoms with Crippen LogP contribution in [0.5, 0.6) is 0 Å². The number of amides is 3. The second-order valence-corrected chi connectivity index (χ2v) is 7.16. The van der Waals surface area contributed by atoms with Gasteiger partial charge in [-0.3, -0.25) is 19.7 Å². The van der Waals surface area contributed by atoms with Crippen LogP contribution in [0.1, 0.15) is 41.7 Å². The smallest absolute Gasteiger partial charge is 0.256 e. The summed E-state index contributed by atoms with van der Waals surface area (Å²) in [5, 5.41) is 5.68. The third kappa shape index (κ3) is 2.94. The van der Waals surface area contributed by atoms with E-state index < -0.39 is 11.9 Å². The van der Waals surface area contributed by atoms with E-state index in [0.29, 0.717) is 30.3 Å². The van der Waals surface area contributed by atoms with Crippen molar-refractivity contribution in [3.05, 3.63) is 23.4 Å². The molecule has 0 radical (unpaired) electrons. The van der Waals surface area contributed by atoms with Crippen LogP contribution in [0, 0.1) is 0 Å². The Balaban J connectivity index is 1.53. The fourth-order valence-electron chi connectivity index (χ4n) is 4.00. The van der Waals surface area contributed by atoms with E-state index in [-0.39, 0.29) is 18.2 Å². The molecule has 2 saturated heterocycles. The molecule has 2 fully saturated rings. The first kappa shape index (κ1) is 17.0. The maximum atomic E-state index is 12.7. The number of fused-ring (bicyclic) bond motifs is 1. The third-order valence-corrected chi connectivity index (χ3v) is 5.57. The van der Waals surface area contributed by atoms with Gasteiger partial charge in [0.25, 0.3) is 5.91 Å². The van der Waals surface area contributed by atoms with Crippen molar-refractivity contribution in [1.29, 1.82) is 0 Å². The van der Waals surface area contributed by atoms with Gasteiger partial charge in [0.15, 0.2) is 0 Å². The van der Waals surface area contributed by atoms with E-state index in [0.717, 1.165) is 31.7 Å². The number of carbonyl (C=O) groups is 3. The highest BCUT2D eigenvalue weighted by molar-refractivity contribution is 6.05. The molecule has 4 rings (SSSR count). The fourth-order valence-corrected chi connectivity index (χ4v) is 4.00. The number of nitrogens with one attached hydrogen (secondary N) is 2. The minimum atomic E-state index is -0.597. The Morgan fingerprint density at radius 1 is 1.15 bits per heavy atom. The molecule has 0 saturated carbocycles. The minimum Gasteiger partial charge on any atom is -0.357 e. The molecule has 0 aromatic carbocycles. The van der Waals surface area contributed by atoms with Gasteiger partial charge in [-0.2, -0.15) is 0 Å². The molecule has 3 aliphatic rings. The van der Waals surface area contributed by atoms with Crippen LogP contribution in [0.25, 0.3) is 0 Å². The molecular formula is C18H23N5O3. The molecule has 1 aromatic heterocycles. The molecule has 0 spiro atoms. The van der Waals surface area contributed by atoms with Gasteiger partial charge < -0.3 is 15.1 Å². The van der Waals surface area contributed by atoms with Gasteiger partial charge in [-0.1, -0.05) is 0 Å². The molecule has 1 aromatic rings. The molecule has 0 aliphatic carbocycles. The van der Waals surface area contributed by atoms with E-state index in [4.69, 9.17) is 4.98 Å². The summed E-state index contributed by atoms with van der Waals surface area (Å²) >= 11 is 0. The molecule has 1 unspecified atom stereocenters. The van der Waals surface area contributed by atoms with Crippen molar-refractivity contribution in [3.63, 3.8) is 0 Å². The maximum Gasteiger partial charge on any atom is 0.256 e. The summed E-state index contributed by atoms with van der Waals surface area (Å²) in [6.07, 6.45) is 2.76.